The molecule has 0 aliphatic heterocycles. The van der Waals surface area contributed by atoms with Crippen LogP contribution in [0.15, 0.2) is 0 Å². The average Bonchev–Trinajstić information content (AvgIpc) is 2.92. The Kier molecular flexibility index (Phi) is 4.88. The second-order valence-corrected chi connectivity index (χ2v) is 10.4. The van der Waals surface area contributed by atoms with Gasteiger partial charge in [-0.1, -0.05) is 26.7 Å². The molecule has 4 saturated carbocycles. The molecule has 6 heteroatoms. The number of ether oxygens (including phenoxy) is 2. The van der Waals surface area contributed by atoms with E-state index in [9.17, 15) is 19.5 Å². The Labute approximate surface area is 172 Å². The van der Waals surface area contributed by atoms with Crippen LogP contribution in [0.5, 0.6) is 0 Å². The second-order valence-electron chi connectivity index (χ2n) is 10.4. The SMILES string of the molecule is CC(=O)O[C@H]1CC[C@H]2[C@@H]3CC(=O)[C@@]4(O)CCCC[C@]4(C)[C@H]3[C@H](OC(C)=O)C[C@]12C. The van der Waals surface area contributed by atoms with Gasteiger partial charge in [-0.15, -0.1) is 0 Å². The summed E-state index contributed by atoms with van der Waals surface area (Å²) in [5.74, 6) is -0.481. The highest BCUT2D eigenvalue weighted by Gasteiger charge is 2.70. The number of ketones is 1. The van der Waals surface area contributed by atoms with Crippen molar-refractivity contribution < 1.29 is 29.0 Å². The first kappa shape index (κ1) is 20.8. The quantitative estimate of drug-likeness (QED) is 0.709. The number of carbonyl (C=O) groups is 3. The van der Waals surface area contributed by atoms with Crippen molar-refractivity contribution in [3.8, 4) is 0 Å². The molecule has 0 spiro atoms. The number of hydrogen-bond donors (Lipinski definition) is 1. The fourth-order valence-corrected chi connectivity index (χ4v) is 7.82. The molecule has 29 heavy (non-hydrogen) atoms. The van der Waals surface area contributed by atoms with E-state index in [0.717, 1.165) is 32.1 Å². The predicted molar refractivity (Wildman–Crippen MR) is 105 cm³/mol. The van der Waals surface area contributed by atoms with Crippen LogP contribution in [0.1, 0.15) is 79.1 Å². The Hall–Kier alpha value is -1.43. The summed E-state index contributed by atoms with van der Waals surface area (Å²) in [6.45, 7) is 7.02. The van der Waals surface area contributed by atoms with Crippen LogP contribution < -0.4 is 0 Å². The average molecular weight is 407 g/mol. The van der Waals surface area contributed by atoms with Crippen LogP contribution in [0.2, 0.25) is 0 Å². The summed E-state index contributed by atoms with van der Waals surface area (Å²) in [6, 6.07) is 0. The lowest BCUT2D eigenvalue weighted by atomic mass is 9.42. The van der Waals surface area contributed by atoms with Crippen molar-refractivity contribution in [3.63, 3.8) is 0 Å². The summed E-state index contributed by atoms with van der Waals surface area (Å²) in [6.07, 6.45) is 5.08. The zero-order valence-electron chi connectivity index (χ0n) is 18.0. The Morgan fingerprint density at radius 3 is 2.34 bits per heavy atom. The number of Topliss-reactive ketones (excluding diaryl/α,β-unsaturated/α-hetero) is 1. The van der Waals surface area contributed by atoms with E-state index in [1.807, 2.05) is 6.92 Å². The van der Waals surface area contributed by atoms with Gasteiger partial charge in [-0.25, -0.2) is 0 Å². The van der Waals surface area contributed by atoms with Gasteiger partial charge < -0.3 is 14.6 Å². The van der Waals surface area contributed by atoms with Gasteiger partial charge in [0.15, 0.2) is 5.78 Å². The number of aliphatic hydroxyl groups is 1. The van der Waals surface area contributed by atoms with Gasteiger partial charge in [-0.2, -0.15) is 0 Å². The molecule has 0 radical (unpaired) electrons. The molecule has 0 saturated heterocycles. The Morgan fingerprint density at radius 1 is 1.03 bits per heavy atom. The van der Waals surface area contributed by atoms with Crippen molar-refractivity contribution >= 4 is 17.7 Å². The highest BCUT2D eigenvalue weighted by molar-refractivity contribution is 5.89. The maximum absolute atomic E-state index is 13.2. The number of hydrogen-bond acceptors (Lipinski definition) is 6. The summed E-state index contributed by atoms with van der Waals surface area (Å²) >= 11 is 0. The summed E-state index contributed by atoms with van der Waals surface area (Å²) in [5.41, 5.74) is -2.24. The predicted octanol–water partition coefficient (Wildman–Crippen LogP) is 3.19. The molecule has 6 nitrogen and oxygen atoms in total. The minimum Gasteiger partial charge on any atom is -0.462 e. The first-order valence-corrected chi connectivity index (χ1v) is 11.1. The van der Waals surface area contributed by atoms with Crippen molar-refractivity contribution in [3.05, 3.63) is 0 Å². The van der Waals surface area contributed by atoms with Crippen molar-refractivity contribution in [2.45, 2.75) is 96.9 Å². The van der Waals surface area contributed by atoms with E-state index in [1.54, 1.807) is 0 Å². The van der Waals surface area contributed by atoms with Crippen molar-refractivity contribution in [2.75, 3.05) is 0 Å². The topological polar surface area (TPSA) is 89.9 Å². The van der Waals surface area contributed by atoms with Crippen molar-refractivity contribution in [1.82, 2.24) is 0 Å². The van der Waals surface area contributed by atoms with E-state index in [-0.39, 0.29) is 53.1 Å². The molecule has 0 aromatic rings. The zero-order chi connectivity index (χ0) is 21.2. The third-order valence-corrected chi connectivity index (χ3v) is 9.02. The minimum atomic E-state index is -1.33. The normalized spacial score (nSPS) is 48.9. The van der Waals surface area contributed by atoms with Crippen LogP contribution in [-0.2, 0) is 23.9 Å². The molecular weight excluding hydrogens is 372 g/mol. The van der Waals surface area contributed by atoms with Gasteiger partial charge >= 0.3 is 11.9 Å². The zero-order valence-corrected chi connectivity index (χ0v) is 18.0. The first-order chi connectivity index (χ1) is 13.5. The largest absolute Gasteiger partial charge is 0.462 e. The molecule has 0 amide bonds. The number of rotatable bonds is 2. The summed E-state index contributed by atoms with van der Waals surface area (Å²) in [4.78, 5) is 37.0. The van der Waals surface area contributed by atoms with E-state index in [4.69, 9.17) is 9.47 Å². The van der Waals surface area contributed by atoms with Crippen molar-refractivity contribution in [2.24, 2.45) is 28.6 Å². The molecule has 4 aliphatic carbocycles. The molecule has 8 atom stereocenters. The van der Waals surface area contributed by atoms with Gasteiger partial charge in [0.1, 0.15) is 17.8 Å². The maximum atomic E-state index is 13.2. The Morgan fingerprint density at radius 2 is 1.69 bits per heavy atom. The minimum absolute atomic E-state index is 0.0366. The van der Waals surface area contributed by atoms with Gasteiger partial charge in [-0.3, -0.25) is 14.4 Å². The summed E-state index contributed by atoms with van der Waals surface area (Å²) in [5, 5.41) is 11.5. The molecule has 4 aliphatic rings. The van der Waals surface area contributed by atoms with E-state index < -0.39 is 11.0 Å². The fraction of sp³-hybridized carbons (Fsp3) is 0.870. The molecule has 1 N–H and O–H groups in total. The highest BCUT2D eigenvalue weighted by atomic mass is 16.6. The second kappa shape index (κ2) is 6.79. The summed E-state index contributed by atoms with van der Waals surface area (Å²) < 4.78 is 11.6. The third kappa shape index (κ3) is 2.88. The molecule has 162 valence electrons. The van der Waals surface area contributed by atoms with Gasteiger partial charge in [0.25, 0.3) is 0 Å². The van der Waals surface area contributed by atoms with Crippen LogP contribution in [0, 0.1) is 28.6 Å². The van der Waals surface area contributed by atoms with Crippen molar-refractivity contribution in [1.29, 1.82) is 0 Å². The van der Waals surface area contributed by atoms with Crippen LogP contribution >= 0.6 is 0 Å². The molecule has 0 aromatic carbocycles. The Balaban J connectivity index is 1.78. The maximum Gasteiger partial charge on any atom is 0.302 e. The molecule has 0 aromatic heterocycles. The first-order valence-electron chi connectivity index (χ1n) is 11.1. The van der Waals surface area contributed by atoms with Crippen LogP contribution in [-0.4, -0.2) is 40.6 Å². The molecular formula is C23H34O6. The number of esters is 2. The molecule has 4 rings (SSSR count). The lowest BCUT2D eigenvalue weighted by molar-refractivity contribution is -0.233. The smallest absolute Gasteiger partial charge is 0.302 e. The molecule has 0 unspecified atom stereocenters. The lowest BCUT2D eigenvalue weighted by Gasteiger charge is -2.63. The summed E-state index contributed by atoms with van der Waals surface area (Å²) in [7, 11) is 0. The van der Waals surface area contributed by atoms with Gasteiger partial charge in [0.2, 0.25) is 0 Å². The van der Waals surface area contributed by atoms with E-state index in [1.165, 1.54) is 13.8 Å². The van der Waals surface area contributed by atoms with Crippen LogP contribution in [0.4, 0.5) is 0 Å². The monoisotopic (exact) mass is 406 g/mol. The van der Waals surface area contributed by atoms with Gasteiger partial charge in [0, 0.05) is 37.0 Å². The van der Waals surface area contributed by atoms with Crippen LogP contribution in [0.25, 0.3) is 0 Å². The van der Waals surface area contributed by atoms with Gasteiger partial charge in [-0.05, 0) is 43.9 Å². The van der Waals surface area contributed by atoms with Crippen LogP contribution in [0.3, 0.4) is 0 Å². The lowest BCUT2D eigenvalue weighted by Crippen LogP contribution is -2.69. The van der Waals surface area contributed by atoms with Gasteiger partial charge in [0.05, 0.1) is 0 Å². The highest BCUT2D eigenvalue weighted by Crippen LogP contribution is 2.67. The molecule has 4 fully saturated rings. The fourth-order valence-electron chi connectivity index (χ4n) is 7.82. The number of fused-ring (bicyclic) bond motifs is 5. The Bertz CT molecular complexity index is 733. The standard InChI is InChI=1S/C23H34O6/c1-13(24)28-17-12-21(3)16(7-8-19(21)29-14(2)25)15-11-18(26)23(27)10-6-5-9-22(23,4)20(15)17/h15-17,19-20,27H,5-12H2,1-4H3/t15-,16-,17+,19-,20+,21-,22+,23-/m0/s1. The van der Waals surface area contributed by atoms with E-state index in [2.05, 4.69) is 6.92 Å². The van der Waals surface area contributed by atoms with E-state index >= 15 is 0 Å². The molecule has 0 heterocycles. The number of carbonyl (C=O) groups excluding carboxylic acids is 3. The van der Waals surface area contributed by atoms with E-state index in [0.29, 0.717) is 19.3 Å². The third-order valence-electron chi connectivity index (χ3n) is 9.02. The molecule has 0 bridgehead atoms.